The molecule has 0 spiro atoms. The minimum absolute atomic E-state index is 0.0364. The molecule has 0 bridgehead atoms. The molecule has 33 heavy (non-hydrogen) atoms. The quantitative estimate of drug-likeness (QED) is 0.637. The number of rotatable bonds is 3. The first-order valence-corrected chi connectivity index (χ1v) is 10.9. The van der Waals surface area contributed by atoms with E-state index in [0.717, 1.165) is 5.82 Å². The number of nitrogens with one attached hydrogen (secondary N) is 1. The highest BCUT2D eigenvalue weighted by molar-refractivity contribution is 6.15. The average Bonchev–Trinajstić information content (AvgIpc) is 2.84. The van der Waals surface area contributed by atoms with E-state index in [1.807, 2.05) is 41.3 Å². The highest BCUT2D eigenvalue weighted by atomic mass is 19.1. The maximum absolute atomic E-state index is 13.7. The number of aliphatic imine (C=N–C) groups is 1. The predicted octanol–water partition coefficient (Wildman–Crippen LogP) is 3.87. The fourth-order valence-corrected chi connectivity index (χ4v) is 4.61. The van der Waals surface area contributed by atoms with Crippen LogP contribution >= 0.6 is 0 Å². The van der Waals surface area contributed by atoms with E-state index in [1.165, 1.54) is 24.3 Å². The number of hydrogen-bond donors (Lipinski definition) is 2. The molecule has 2 aliphatic rings. The van der Waals surface area contributed by atoms with Crippen LogP contribution < -0.4 is 10.2 Å². The summed E-state index contributed by atoms with van der Waals surface area (Å²) in [6.45, 7) is 3.95. The zero-order valence-corrected chi connectivity index (χ0v) is 18.1. The number of amidine groups is 1. The number of halogens is 1. The molecule has 3 aromatic rings. The van der Waals surface area contributed by atoms with Gasteiger partial charge in [-0.05, 0) is 48.9 Å². The van der Waals surface area contributed by atoms with Crippen LogP contribution in [0, 0.1) is 5.82 Å². The molecular weight excluding hydrogens is 421 g/mol. The molecule has 3 heterocycles. The van der Waals surface area contributed by atoms with Gasteiger partial charge in [0.1, 0.15) is 17.5 Å². The number of benzene rings is 2. The standard InChI is InChI=1S/C25H24FN5O2/c1-17-16-30(22-8-4-5-13-27-22)14-15-31(17)23-25(24(32)33,18-9-11-19(26)12-10-18)29-21-7-3-2-6-20(21)28-23/h2-13,17,29H,14-16H2,1H3,(H,32,33)/t17?,25-/m0/s1. The van der Waals surface area contributed by atoms with E-state index in [2.05, 4.69) is 22.1 Å². The lowest BCUT2D eigenvalue weighted by Crippen LogP contribution is -2.63. The number of para-hydroxylation sites is 2. The summed E-state index contributed by atoms with van der Waals surface area (Å²) < 4.78 is 13.7. The van der Waals surface area contributed by atoms with Crippen molar-refractivity contribution in [1.82, 2.24) is 9.88 Å². The Kier molecular flexibility index (Phi) is 5.20. The van der Waals surface area contributed by atoms with Crippen LogP contribution in [0.25, 0.3) is 0 Å². The summed E-state index contributed by atoms with van der Waals surface area (Å²) >= 11 is 0. The van der Waals surface area contributed by atoms with E-state index in [9.17, 15) is 14.3 Å². The van der Waals surface area contributed by atoms with Crippen molar-refractivity contribution in [3.05, 3.63) is 84.3 Å². The molecule has 2 N–H and O–H groups in total. The second-order valence-electron chi connectivity index (χ2n) is 8.32. The SMILES string of the molecule is CC1CN(c2ccccn2)CCN1C1=Nc2ccccc2N[C@@]1(C(=O)O)c1ccc(F)cc1. The Labute approximate surface area is 191 Å². The number of fused-ring (bicyclic) bond motifs is 1. The highest BCUT2D eigenvalue weighted by Crippen LogP contribution is 2.41. The van der Waals surface area contributed by atoms with Crippen LogP contribution in [-0.4, -0.2) is 52.5 Å². The van der Waals surface area contributed by atoms with Crippen LogP contribution in [0.4, 0.5) is 21.6 Å². The van der Waals surface area contributed by atoms with Gasteiger partial charge < -0.3 is 20.2 Å². The summed E-state index contributed by atoms with van der Waals surface area (Å²) in [4.78, 5) is 26.5. The second-order valence-corrected chi connectivity index (χ2v) is 8.32. The number of aliphatic carboxylic acids is 1. The summed E-state index contributed by atoms with van der Waals surface area (Å²) in [5.74, 6) is -0.234. The smallest absolute Gasteiger partial charge is 0.342 e. The van der Waals surface area contributed by atoms with E-state index in [1.54, 1.807) is 12.3 Å². The van der Waals surface area contributed by atoms with E-state index in [0.29, 0.717) is 42.4 Å². The molecule has 0 saturated carbocycles. The maximum Gasteiger partial charge on any atom is 0.342 e. The minimum Gasteiger partial charge on any atom is -0.479 e. The largest absolute Gasteiger partial charge is 0.479 e. The molecule has 2 aliphatic heterocycles. The first-order valence-electron chi connectivity index (χ1n) is 10.9. The van der Waals surface area contributed by atoms with Gasteiger partial charge in [0.15, 0.2) is 0 Å². The van der Waals surface area contributed by atoms with Crippen LogP contribution in [0.1, 0.15) is 12.5 Å². The van der Waals surface area contributed by atoms with Crippen LogP contribution in [0.5, 0.6) is 0 Å². The first-order chi connectivity index (χ1) is 16.0. The third-order valence-electron chi connectivity index (χ3n) is 6.26. The van der Waals surface area contributed by atoms with E-state index < -0.39 is 17.3 Å². The minimum atomic E-state index is -1.65. The monoisotopic (exact) mass is 445 g/mol. The fraction of sp³-hybridized carbons (Fsp3) is 0.240. The lowest BCUT2D eigenvalue weighted by atomic mass is 9.85. The number of carboxylic acid groups (broad SMARTS) is 1. The van der Waals surface area contributed by atoms with Crippen LogP contribution in [-0.2, 0) is 10.3 Å². The molecule has 1 unspecified atom stereocenters. The van der Waals surface area contributed by atoms with Crippen molar-refractivity contribution in [1.29, 1.82) is 0 Å². The fourth-order valence-electron chi connectivity index (χ4n) is 4.61. The Bertz CT molecular complexity index is 1200. The summed E-state index contributed by atoms with van der Waals surface area (Å²) in [7, 11) is 0. The van der Waals surface area contributed by atoms with Gasteiger partial charge in [-0.1, -0.05) is 30.3 Å². The molecule has 0 amide bonds. The molecule has 2 aromatic carbocycles. The Morgan fingerprint density at radius 2 is 1.85 bits per heavy atom. The van der Waals surface area contributed by atoms with Gasteiger partial charge in [-0.2, -0.15) is 0 Å². The number of carboxylic acids is 1. The summed E-state index contributed by atoms with van der Waals surface area (Å²) in [6, 6.07) is 18.7. The number of piperazine rings is 1. The first kappa shape index (κ1) is 20.9. The second kappa shape index (κ2) is 8.20. The molecule has 2 atom stereocenters. The number of pyridine rings is 1. The molecule has 168 valence electrons. The summed E-state index contributed by atoms with van der Waals surface area (Å²) in [6.07, 6.45) is 1.77. The van der Waals surface area contributed by atoms with E-state index in [4.69, 9.17) is 4.99 Å². The van der Waals surface area contributed by atoms with Crippen molar-refractivity contribution in [3.8, 4) is 0 Å². The zero-order valence-electron chi connectivity index (χ0n) is 18.1. The molecular formula is C25H24FN5O2. The van der Waals surface area contributed by atoms with Gasteiger partial charge in [-0.15, -0.1) is 0 Å². The normalized spacial score (nSPS) is 22.2. The van der Waals surface area contributed by atoms with Crippen molar-refractivity contribution < 1.29 is 14.3 Å². The van der Waals surface area contributed by atoms with Crippen LogP contribution in [0.15, 0.2) is 77.9 Å². The van der Waals surface area contributed by atoms with Crippen molar-refractivity contribution in [2.75, 3.05) is 29.9 Å². The van der Waals surface area contributed by atoms with Crippen molar-refractivity contribution in [2.24, 2.45) is 4.99 Å². The summed E-state index contributed by atoms with van der Waals surface area (Å²) in [5, 5.41) is 13.8. The number of nitrogens with zero attached hydrogens (tertiary/aromatic N) is 4. The summed E-state index contributed by atoms with van der Waals surface area (Å²) in [5.41, 5.74) is 0.0614. The molecule has 1 saturated heterocycles. The van der Waals surface area contributed by atoms with Gasteiger partial charge in [0, 0.05) is 31.9 Å². The Balaban J connectivity index is 1.59. The van der Waals surface area contributed by atoms with Crippen molar-refractivity contribution in [3.63, 3.8) is 0 Å². The van der Waals surface area contributed by atoms with Crippen LogP contribution in [0.3, 0.4) is 0 Å². The number of aromatic nitrogens is 1. The maximum atomic E-state index is 13.7. The number of carbonyl (C=O) groups is 1. The van der Waals surface area contributed by atoms with Gasteiger partial charge in [0.05, 0.1) is 11.4 Å². The lowest BCUT2D eigenvalue weighted by molar-refractivity contribution is -0.140. The van der Waals surface area contributed by atoms with E-state index >= 15 is 0 Å². The Morgan fingerprint density at radius 1 is 1.09 bits per heavy atom. The molecule has 1 aromatic heterocycles. The third-order valence-corrected chi connectivity index (χ3v) is 6.26. The van der Waals surface area contributed by atoms with Gasteiger partial charge >= 0.3 is 5.97 Å². The lowest BCUT2D eigenvalue weighted by Gasteiger charge is -2.47. The van der Waals surface area contributed by atoms with Crippen molar-refractivity contribution in [2.45, 2.75) is 18.5 Å². The Hall–Kier alpha value is -3.94. The van der Waals surface area contributed by atoms with Gasteiger partial charge in [-0.3, -0.25) is 0 Å². The number of anilines is 2. The van der Waals surface area contributed by atoms with Gasteiger partial charge in [0.2, 0.25) is 5.54 Å². The molecule has 7 nitrogen and oxygen atoms in total. The Morgan fingerprint density at radius 3 is 2.55 bits per heavy atom. The highest BCUT2D eigenvalue weighted by Gasteiger charge is 2.51. The van der Waals surface area contributed by atoms with E-state index in [-0.39, 0.29) is 6.04 Å². The molecule has 0 aliphatic carbocycles. The predicted molar refractivity (Wildman–Crippen MR) is 125 cm³/mol. The van der Waals surface area contributed by atoms with Gasteiger partial charge in [0.25, 0.3) is 0 Å². The molecule has 0 radical (unpaired) electrons. The topological polar surface area (TPSA) is 81.1 Å². The average molecular weight is 445 g/mol. The third kappa shape index (κ3) is 3.57. The number of hydrogen-bond acceptors (Lipinski definition) is 6. The van der Waals surface area contributed by atoms with Crippen LogP contribution in [0.2, 0.25) is 0 Å². The zero-order chi connectivity index (χ0) is 23.0. The molecule has 8 heteroatoms. The molecule has 1 fully saturated rings. The molecule has 5 rings (SSSR count). The van der Waals surface area contributed by atoms with Gasteiger partial charge in [-0.25, -0.2) is 19.2 Å². The van der Waals surface area contributed by atoms with Crippen molar-refractivity contribution >= 4 is 29.0 Å².